The molecule has 0 saturated carbocycles. The number of hydrogen-bond acceptors (Lipinski definition) is 7. The number of methoxy groups -OCH3 is 2. The second-order valence-corrected chi connectivity index (χ2v) is 4.59. The van der Waals surface area contributed by atoms with Gasteiger partial charge in [-0.2, -0.15) is 4.98 Å². The number of ether oxygens (including phenoxy) is 3. The first-order valence-electron chi connectivity index (χ1n) is 6.70. The minimum Gasteiger partial charge on any atom is -0.493 e. The molecule has 0 amide bonds. The highest BCUT2D eigenvalue weighted by molar-refractivity contribution is 5.85. The second kappa shape index (κ2) is 7.44. The number of morpholine rings is 1. The molecule has 120 valence electrons. The lowest BCUT2D eigenvalue weighted by Gasteiger charge is -2.19. The van der Waals surface area contributed by atoms with Crippen molar-refractivity contribution in [1.29, 1.82) is 0 Å². The highest BCUT2D eigenvalue weighted by Crippen LogP contribution is 2.31. The maximum absolute atomic E-state index is 5.59. The normalized spacial score (nSPS) is 17.6. The van der Waals surface area contributed by atoms with Gasteiger partial charge in [-0.25, -0.2) is 0 Å². The molecule has 1 aromatic carbocycles. The molecule has 0 aliphatic carbocycles. The molecular weight excluding hydrogens is 310 g/mol. The van der Waals surface area contributed by atoms with Gasteiger partial charge in [-0.3, -0.25) is 0 Å². The fraction of sp³-hybridized carbons (Fsp3) is 0.429. The van der Waals surface area contributed by atoms with Crippen LogP contribution in [0.5, 0.6) is 11.5 Å². The van der Waals surface area contributed by atoms with E-state index in [4.69, 9.17) is 18.7 Å². The van der Waals surface area contributed by atoms with Crippen LogP contribution in [0.1, 0.15) is 12.0 Å². The maximum atomic E-state index is 5.59. The first-order valence-corrected chi connectivity index (χ1v) is 6.70. The summed E-state index contributed by atoms with van der Waals surface area (Å²) in [6.45, 7) is 2.15. The molecule has 0 spiro atoms. The molecule has 2 aromatic rings. The summed E-state index contributed by atoms with van der Waals surface area (Å²) in [6.07, 6.45) is -0.194. The van der Waals surface area contributed by atoms with E-state index in [0.29, 0.717) is 36.4 Å². The van der Waals surface area contributed by atoms with Gasteiger partial charge in [-0.05, 0) is 18.2 Å². The highest BCUT2D eigenvalue weighted by Gasteiger charge is 2.22. The Bertz CT molecular complexity index is 614. The Labute approximate surface area is 134 Å². The summed E-state index contributed by atoms with van der Waals surface area (Å²) in [5.74, 6) is 2.26. The summed E-state index contributed by atoms with van der Waals surface area (Å²) in [6, 6.07) is 5.48. The number of rotatable bonds is 4. The van der Waals surface area contributed by atoms with Crippen LogP contribution in [0.2, 0.25) is 0 Å². The molecule has 0 bridgehead atoms. The van der Waals surface area contributed by atoms with E-state index in [-0.39, 0.29) is 18.5 Å². The molecule has 2 heterocycles. The quantitative estimate of drug-likeness (QED) is 0.917. The van der Waals surface area contributed by atoms with E-state index in [2.05, 4.69) is 15.5 Å². The topological polar surface area (TPSA) is 78.6 Å². The molecule has 1 aliphatic heterocycles. The van der Waals surface area contributed by atoms with Gasteiger partial charge in [0.15, 0.2) is 11.5 Å². The first-order chi connectivity index (χ1) is 10.3. The smallest absolute Gasteiger partial charge is 0.257 e. The summed E-state index contributed by atoms with van der Waals surface area (Å²) in [5, 5.41) is 7.23. The molecule has 1 atom stereocenters. The highest BCUT2D eigenvalue weighted by atomic mass is 35.5. The van der Waals surface area contributed by atoms with Gasteiger partial charge in [0.1, 0.15) is 6.10 Å². The van der Waals surface area contributed by atoms with Crippen molar-refractivity contribution >= 4 is 12.4 Å². The molecule has 8 heteroatoms. The van der Waals surface area contributed by atoms with Gasteiger partial charge in [0.2, 0.25) is 5.82 Å². The van der Waals surface area contributed by atoms with Gasteiger partial charge >= 0.3 is 0 Å². The Morgan fingerprint density at radius 2 is 2.05 bits per heavy atom. The molecular formula is C14H18ClN3O4. The SMILES string of the molecule is COc1ccc(-c2noc(C3CNCCO3)n2)cc1OC.Cl. The lowest BCUT2D eigenvalue weighted by Crippen LogP contribution is -2.33. The van der Waals surface area contributed by atoms with Crippen LogP contribution in [0, 0.1) is 0 Å². The zero-order valence-corrected chi connectivity index (χ0v) is 13.2. The van der Waals surface area contributed by atoms with E-state index >= 15 is 0 Å². The Hall–Kier alpha value is -1.83. The average molecular weight is 328 g/mol. The molecule has 22 heavy (non-hydrogen) atoms. The van der Waals surface area contributed by atoms with Crippen LogP contribution in [-0.2, 0) is 4.74 Å². The van der Waals surface area contributed by atoms with Crippen LogP contribution >= 0.6 is 12.4 Å². The third-order valence-electron chi connectivity index (χ3n) is 3.29. The number of nitrogens with zero attached hydrogens (tertiary/aromatic N) is 2. The van der Waals surface area contributed by atoms with Crippen molar-refractivity contribution in [3.8, 4) is 22.9 Å². The average Bonchev–Trinajstić information content (AvgIpc) is 3.05. The van der Waals surface area contributed by atoms with Crippen LogP contribution in [-0.4, -0.2) is 44.1 Å². The molecule has 1 fully saturated rings. The second-order valence-electron chi connectivity index (χ2n) is 4.59. The maximum Gasteiger partial charge on any atom is 0.257 e. The monoisotopic (exact) mass is 327 g/mol. The predicted molar refractivity (Wildman–Crippen MR) is 81.6 cm³/mol. The zero-order chi connectivity index (χ0) is 14.7. The van der Waals surface area contributed by atoms with Gasteiger partial charge in [0.05, 0.1) is 20.8 Å². The Morgan fingerprint density at radius 1 is 1.23 bits per heavy atom. The summed E-state index contributed by atoms with van der Waals surface area (Å²) in [4.78, 5) is 4.40. The van der Waals surface area contributed by atoms with E-state index in [0.717, 1.165) is 12.1 Å². The third-order valence-corrected chi connectivity index (χ3v) is 3.29. The predicted octanol–water partition coefficient (Wildman–Crippen LogP) is 1.84. The van der Waals surface area contributed by atoms with Crippen molar-refractivity contribution < 1.29 is 18.7 Å². The Balaban J connectivity index is 0.00000176. The van der Waals surface area contributed by atoms with Crippen molar-refractivity contribution in [2.75, 3.05) is 33.9 Å². The van der Waals surface area contributed by atoms with Crippen LogP contribution in [0.4, 0.5) is 0 Å². The molecule has 1 saturated heterocycles. The number of benzene rings is 1. The Morgan fingerprint density at radius 3 is 2.73 bits per heavy atom. The third kappa shape index (κ3) is 3.32. The van der Waals surface area contributed by atoms with Gasteiger partial charge in [-0.1, -0.05) is 5.16 Å². The van der Waals surface area contributed by atoms with Crippen molar-refractivity contribution in [2.24, 2.45) is 0 Å². The van der Waals surface area contributed by atoms with Crippen LogP contribution in [0.3, 0.4) is 0 Å². The molecule has 1 unspecified atom stereocenters. The van der Waals surface area contributed by atoms with Crippen LogP contribution in [0.15, 0.2) is 22.7 Å². The minimum atomic E-state index is -0.194. The van der Waals surface area contributed by atoms with E-state index in [1.54, 1.807) is 14.2 Å². The fourth-order valence-corrected chi connectivity index (χ4v) is 2.18. The summed E-state index contributed by atoms with van der Waals surface area (Å²) < 4.78 is 21.4. The van der Waals surface area contributed by atoms with Gasteiger partial charge in [0.25, 0.3) is 5.89 Å². The summed E-state index contributed by atoms with van der Waals surface area (Å²) >= 11 is 0. The van der Waals surface area contributed by atoms with E-state index in [1.165, 1.54) is 0 Å². The number of hydrogen-bond donors (Lipinski definition) is 1. The molecule has 1 N–H and O–H groups in total. The van der Waals surface area contributed by atoms with Gasteiger partial charge in [0, 0.05) is 18.7 Å². The zero-order valence-electron chi connectivity index (χ0n) is 12.4. The van der Waals surface area contributed by atoms with E-state index < -0.39 is 0 Å². The lowest BCUT2D eigenvalue weighted by molar-refractivity contribution is 0.00755. The lowest BCUT2D eigenvalue weighted by atomic mass is 10.2. The van der Waals surface area contributed by atoms with Crippen molar-refractivity contribution in [3.63, 3.8) is 0 Å². The van der Waals surface area contributed by atoms with Crippen molar-refractivity contribution in [3.05, 3.63) is 24.1 Å². The van der Waals surface area contributed by atoms with Crippen molar-refractivity contribution in [2.45, 2.75) is 6.10 Å². The van der Waals surface area contributed by atoms with Crippen LogP contribution < -0.4 is 14.8 Å². The number of halogens is 1. The van der Waals surface area contributed by atoms with Crippen molar-refractivity contribution in [1.82, 2.24) is 15.5 Å². The standard InChI is InChI=1S/C14H17N3O4.ClH/c1-18-10-4-3-9(7-11(10)19-2)13-16-14(21-17-13)12-8-15-5-6-20-12;/h3-4,7,12,15H,5-6,8H2,1-2H3;1H. The molecule has 1 aliphatic rings. The largest absolute Gasteiger partial charge is 0.493 e. The molecule has 3 rings (SSSR count). The van der Waals surface area contributed by atoms with E-state index in [1.807, 2.05) is 18.2 Å². The first kappa shape index (κ1) is 16.5. The number of aromatic nitrogens is 2. The number of nitrogens with one attached hydrogen (secondary N) is 1. The molecule has 1 aromatic heterocycles. The molecule has 0 radical (unpaired) electrons. The Kier molecular flexibility index (Phi) is 5.59. The minimum absolute atomic E-state index is 0. The molecule has 7 nitrogen and oxygen atoms in total. The summed E-state index contributed by atoms with van der Waals surface area (Å²) in [7, 11) is 3.18. The van der Waals surface area contributed by atoms with Crippen LogP contribution in [0.25, 0.3) is 11.4 Å². The summed E-state index contributed by atoms with van der Waals surface area (Å²) in [5.41, 5.74) is 0.798. The van der Waals surface area contributed by atoms with E-state index in [9.17, 15) is 0 Å². The fourth-order valence-electron chi connectivity index (χ4n) is 2.18. The van der Waals surface area contributed by atoms with Gasteiger partial charge < -0.3 is 24.1 Å². The van der Waals surface area contributed by atoms with Gasteiger partial charge in [-0.15, -0.1) is 12.4 Å².